The molecule has 31 heavy (non-hydrogen) atoms. The number of carbonyl (C=O) groups is 1. The summed E-state index contributed by atoms with van der Waals surface area (Å²) in [6.07, 6.45) is 0. The second kappa shape index (κ2) is 8.70. The van der Waals surface area contributed by atoms with Crippen LogP contribution in [0.25, 0.3) is 21.2 Å². The summed E-state index contributed by atoms with van der Waals surface area (Å²) >= 11 is 1.20. The Morgan fingerprint density at radius 2 is 2.13 bits per heavy atom. The number of hydrogen-bond acceptors (Lipinski definition) is 7. The molecule has 160 valence electrons. The highest BCUT2D eigenvalue weighted by Crippen LogP contribution is 2.29. The topological polar surface area (TPSA) is 109 Å². The first-order chi connectivity index (χ1) is 15.0. The number of aromatic nitrogens is 1. The van der Waals surface area contributed by atoms with Gasteiger partial charge in [0.2, 0.25) is 0 Å². The van der Waals surface area contributed by atoms with E-state index in [2.05, 4.69) is 4.99 Å². The average Bonchev–Trinajstić information content (AvgIpc) is 3.34. The maximum atomic E-state index is 12.9. The molecule has 10 heteroatoms. The van der Waals surface area contributed by atoms with Crippen LogP contribution in [0.3, 0.4) is 0 Å². The lowest BCUT2D eigenvalue weighted by molar-refractivity contribution is -0.384. The molecule has 2 aromatic carbocycles. The molecule has 0 aliphatic carbocycles. The first kappa shape index (κ1) is 20.8. The van der Waals surface area contributed by atoms with Crippen LogP contribution in [-0.2, 0) is 11.3 Å². The third-order valence-electron chi connectivity index (χ3n) is 4.61. The fourth-order valence-electron chi connectivity index (χ4n) is 3.21. The van der Waals surface area contributed by atoms with E-state index in [0.717, 1.165) is 10.9 Å². The van der Waals surface area contributed by atoms with Crippen molar-refractivity contribution in [3.05, 3.63) is 63.1 Å². The summed E-state index contributed by atoms with van der Waals surface area (Å²) in [4.78, 5) is 28.2. The first-order valence-electron chi connectivity index (χ1n) is 9.53. The van der Waals surface area contributed by atoms with E-state index >= 15 is 0 Å². The van der Waals surface area contributed by atoms with E-state index in [-0.39, 0.29) is 11.4 Å². The van der Waals surface area contributed by atoms with Crippen molar-refractivity contribution in [2.45, 2.75) is 13.5 Å². The van der Waals surface area contributed by atoms with E-state index in [1.807, 2.05) is 19.1 Å². The normalized spacial score (nSPS) is 12.0. The van der Waals surface area contributed by atoms with Gasteiger partial charge < -0.3 is 18.5 Å². The van der Waals surface area contributed by atoms with Crippen LogP contribution in [0, 0.1) is 10.1 Å². The Balaban J connectivity index is 1.80. The number of fused-ring (bicyclic) bond motifs is 2. The van der Waals surface area contributed by atoms with E-state index in [4.69, 9.17) is 13.9 Å². The highest BCUT2D eigenvalue weighted by Gasteiger charge is 2.17. The number of nitro benzene ring substituents is 1. The number of thiazole rings is 1. The number of non-ortho nitro benzene ring substituents is 1. The molecule has 4 rings (SSSR count). The summed E-state index contributed by atoms with van der Waals surface area (Å²) in [7, 11) is 1.58. The standard InChI is InChI=1S/C21H19N3O6S/c1-3-29-16-6-4-5-13-11-17(30-19(13)16)20(25)22-21-23(9-10-28-2)15-8-7-14(24(26)27)12-18(15)31-21/h4-8,11-12H,3,9-10H2,1-2H3. The Kier molecular flexibility index (Phi) is 5.83. The van der Waals surface area contributed by atoms with Gasteiger partial charge in [0.1, 0.15) is 0 Å². The van der Waals surface area contributed by atoms with Crippen LogP contribution < -0.4 is 9.54 Å². The Hall–Kier alpha value is -3.50. The molecular weight excluding hydrogens is 422 g/mol. The van der Waals surface area contributed by atoms with Gasteiger partial charge in [0, 0.05) is 31.2 Å². The molecule has 0 bridgehead atoms. The first-order valence-corrected chi connectivity index (χ1v) is 10.3. The second-order valence-corrected chi connectivity index (χ2v) is 7.58. The average molecular weight is 441 g/mol. The van der Waals surface area contributed by atoms with E-state index < -0.39 is 10.8 Å². The minimum absolute atomic E-state index is 0.0220. The van der Waals surface area contributed by atoms with Crippen molar-refractivity contribution >= 4 is 44.1 Å². The molecule has 0 radical (unpaired) electrons. The number of para-hydroxylation sites is 1. The number of carbonyl (C=O) groups excluding carboxylic acids is 1. The summed E-state index contributed by atoms with van der Waals surface area (Å²) in [5, 5.41) is 11.9. The highest BCUT2D eigenvalue weighted by atomic mass is 32.1. The van der Waals surface area contributed by atoms with Gasteiger partial charge in [-0.15, -0.1) is 0 Å². The van der Waals surface area contributed by atoms with Crippen molar-refractivity contribution in [1.82, 2.24) is 4.57 Å². The van der Waals surface area contributed by atoms with E-state index in [0.29, 0.717) is 40.6 Å². The number of furan rings is 1. The van der Waals surface area contributed by atoms with Gasteiger partial charge in [-0.25, -0.2) is 0 Å². The van der Waals surface area contributed by atoms with Gasteiger partial charge in [-0.1, -0.05) is 23.5 Å². The van der Waals surface area contributed by atoms with E-state index in [1.165, 1.54) is 23.5 Å². The zero-order valence-corrected chi connectivity index (χ0v) is 17.7. The summed E-state index contributed by atoms with van der Waals surface area (Å²) in [5.74, 6) is 0.0955. The van der Waals surface area contributed by atoms with Crippen LogP contribution in [0.1, 0.15) is 17.5 Å². The lowest BCUT2D eigenvalue weighted by atomic mass is 10.2. The Morgan fingerprint density at radius 3 is 2.87 bits per heavy atom. The molecular formula is C21H19N3O6S. The number of methoxy groups -OCH3 is 1. The SMILES string of the molecule is CCOc1cccc2cc(C(=O)N=c3sc4cc([N+](=O)[O-])ccc4n3CCOC)oc12. The molecule has 0 aliphatic rings. The van der Waals surface area contributed by atoms with E-state index in [9.17, 15) is 14.9 Å². The Morgan fingerprint density at radius 1 is 1.29 bits per heavy atom. The molecule has 0 atom stereocenters. The zero-order valence-electron chi connectivity index (χ0n) is 16.9. The highest BCUT2D eigenvalue weighted by molar-refractivity contribution is 7.16. The molecule has 0 spiro atoms. The number of rotatable bonds is 7. The second-order valence-electron chi connectivity index (χ2n) is 6.57. The number of hydrogen-bond donors (Lipinski definition) is 0. The summed E-state index contributed by atoms with van der Waals surface area (Å²) in [6.45, 7) is 3.18. The predicted octanol–water partition coefficient (Wildman–Crippen LogP) is 4.14. The third-order valence-corrected chi connectivity index (χ3v) is 5.65. The van der Waals surface area contributed by atoms with Gasteiger partial charge in [-0.2, -0.15) is 4.99 Å². The van der Waals surface area contributed by atoms with Crippen LogP contribution in [0.5, 0.6) is 5.75 Å². The van der Waals surface area contributed by atoms with Gasteiger partial charge in [0.25, 0.3) is 5.69 Å². The molecule has 0 fully saturated rings. The quantitative estimate of drug-likeness (QED) is 0.315. The molecule has 0 N–H and O–H groups in total. The monoisotopic (exact) mass is 441 g/mol. The molecule has 9 nitrogen and oxygen atoms in total. The van der Waals surface area contributed by atoms with Crippen molar-refractivity contribution in [2.75, 3.05) is 20.3 Å². The van der Waals surface area contributed by atoms with Crippen molar-refractivity contribution in [3.8, 4) is 5.75 Å². The fraction of sp³-hybridized carbons (Fsp3) is 0.238. The number of amides is 1. The fourth-order valence-corrected chi connectivity index (χ4v) is 4.30. The van der Waals surface area contributed by atoms with Crippen molar-refractivity contribution in [3.63, 3.8) is 0 Å². The molecule has 0 aliphatic heterocycles. The minimum atomic E-state index is -0.550. The third kappa shape index (κ3) is 4.07. The maximum Gasteiger partial charge on any atom is 0.315 e. The number of nitro groups is 1. The maximum absolute atomic E-state index is 12.9. The van der Waals surface area contributed by atoms with Crippen LogP contribution >= 0.6 is 11.3 Å². The Bertz CT molecular complexity index is 1350. The van der Waals surface area contributed by atoms with Gasteiger partial charge in [-0.05, 0) is 25.1 Å². The predicted molar refractivity (Wildman–Crippen MR) is 116 cm³/mol. The Labute approximate surface area is 180 Å². The molecule has 4 aromatic rings. The van der Waals surface area contributed by atoms with Crippen LogP contribution in [0.15, 0.2) is 51.9 Å². The molecule has 0 saturated carbocycles. The van der Waals surface area contributed by atoms with Crippen molar-refractivity contribution < 1.29 is 23.6 Å². The molecule has 2 heterocycles. The van der Waals surface area contributed by atoms with Gasteiger partial charge in [0.05, 0.1) is 28.4 Å². The molecule has 0 unspecified atom stereocenters. The van der Waals surface area contributed by atoms with Gasteiger partial charge >= 0.3 is 5.91 Å². The molecule has 2 aromatic heterocycles. The van der Waals surface area contributed by atoms with Crippen LogP contribution in [0.4, 0.5) is 5.69 Å². The number of nitrogens with zero attached hydrogens (tertiary/aromatic N) is 3. The van der Waals surface area contributed by atoms with Crippen molar-refractivity contribution in [2.24, 2.45) is 4.99 Å². The zero-order chi connectivity index (χ0) is 22.0. The molecule has 0 saturated heterocycles. The number of ether oxygens (including phenoxy) is 2. The summed E-state index contributed by atoms with van der Waals surface area (Å²) in [6, 6.07) is 11.6. The van der Waals surface area contributed by atoms with Crippen LogP contribution in [0.2, 0.25) is 0 Å². The summed E-state index contributed by atoms with van der Waals surface area (Å²) < 4.78 is 18.9. The van der Waals surface area contributed by atoms with Gasteiger partial charge in [0.15, 0.2) is 21.9 Å². The smallest absolute Gasteiger partial charge is 0.315 e. The lowest BCUT2D eigenvalue weighted by Crippen LogP contribution is -2.19. The molecule has 1 amide bonds. The minimum Gasteiger partial charge on any atom is -0.490 e. The van der Waals surface area contributed by atoms with Crippen LogP contribution in [-0.4, -0.2) is 35.7 Å². The largest absolute Gasteiger partial charge is 0.490 e. The number of benzene rings is 2. The lowest BCUT2D eigenvalue weighted by Gasteiger charge is -2.03. The van der Waals surface area contributed by atoms with Gasteiger partial charge in [-0.3, -0.25) is 14.9 Å². The summed E-state index contributed by atoms with van der Waals surface area (Å²) in [5.41, 5.74) is 1.20. The van der Waals surface area contributed by atoms with E-state index in [1.54, 1.807) is 29.9 Å². The van der Waals surface area contributed by atoms with Crippen molar-refractivity contribution in [1.29, 1.82) is 0 Å².